The van der Waals surface area contributed by atoms with Crippen molar-refractivity contribution in [2.24, 2.45) is 0 Å². The number of hydrogen-bond donors (Lipinski definition) is 6. The van der Waals surface area contributed by atoms with Crippen molar-refractivity contribution in [1.82, 2.24) is 0 Å². The summed E-state index contributed by atoms with van der Waals surface area (Å²) in [5, 5.41) is 59.0. The molecule has 1 fully saturated rings. The SMILES string of the molecule is COc1cc([C@@H]2O[C@H](CO)[C@H](O)[C@H](O)[C@H]2O)c(OC)cc1Cc1ccc(O)c(C(=O)O)c1. The molecule has 1 heterocycles. The second-order valence-electron chi connectivity index (χ2n) is 7.49. The van der Waals surface area contributed by atoms with Crippen LogP contribution in [0.2, 0.25) is 0 Å². The molecule has 174 valence electrons. The molecule has 1 saturated heterocycles. The molecule has 5 atom stereocenters. The maximum Gasteiger partial charge on any atom is 0.339 e. The average molecular weight is 450 g/mol. The molecule has 0 aromatic heterocycles. The number of carboxylic acid groups (broad SMARTS) is 1. The summed E-state index contributed by atoms with van der Waals surface area (Å²) in [6.07, 6.45) is -6.48. The van der Waals surface area contributed by atoms with E-state index in [4.69, 9.17) is 14.2 Å². The van der Waals surface area contributed by atoms with Crippen molar-refractivity contribution >= 4 is 5.97 Å². The third-order valence-corrected chi connectivity index (χ3v) is 5.52. The van der Waals surface area contributed by atoms with Gasteiger partial charge in [-0.2, -0.15) is 0 Å². The second kappa shape index (κ2) is 9.72. The number of ether oxygens (including phenoxy) is 3. The summed E-state index contributed by atoms with van der Waals surface area (Å²) < 4.78 is 16.5. The van der Waals surface area contributed by atoms with E-state index in [1.807, 2.05) is 0 Å². The lowest BCUT2D eigenvalue weighted by Gasteiger charge is -2.40. The number of methoxy groups -OCH3 is 2. The first-order valence-electron chi connectivity index (χ1n) is 9.82. The molecule has 0 unspecified atom stereocenters. The first-order chi connectivity index (χ1) is 15.2. The second-order valence-corrected chi connectivity index (χ2v) is 7.49. The fourth-order valence-corrected chi connectivity index (χ4v) is 3.79. The molecule has 0 aliphatic carbocycles. The standard InChI is InChI=1S/C22H26O10/c1-30-15-8-13(21-20(27)19(26)18(25)17(9-23)32-21)16(31-2)7-11(15)5-10-3-4-14(24)12(6-10)22(28)29/h3-4,6-8,17-21,23-27H,5,9H2,1-2H3,(H,28,29)/t17-,18+,19+,20-,21+/m1/s1. The van der Waals surface area contributed by atoms with Crippen LogP contribution in [-0.2, 0) is 11.2 Å². The number of carbonyl (C=O) groups is 1. The first kappa shape index (κ1) is 23.8. The van der Waals surface area contributed by atoms with Gasteiger partial charge in [0.1, 0.15) is 53.3 Å². The van der Waals surface area contributed by atoms with Gasteiger partial charge in [0.25, 0.3) is 0 Å². The normalized spacial score (nSPS) is 25.4. The van der Waals surface area contributed by atoms with Crippen LogP contribution >= 0.6 is 0 Å². The van der Waals surface area contributed by atoms with Crippen molar-refractivity contribution in [3.8, 4) is 17.2 Å². The molecule has 2 aromatic rings. The quantitative estimate of drug-likeness (QED) is 0.343. The summed E-state index contributed by atoms with van der Waals surface area (Å²) in [4.78, 5) is 11.3. The van der Waals surface area contributed by atoms with Gasteiger partial charge in [-0.05, 0) is 29.8 Å². The van der Waals surface area contributed by atoms with Gasteiger partial charge < -0.3 is 44.8 Å². The molecule has 1 aliphatic rings. The van der Waals surface area contributed by atoms with Gasteiger partial charge >= 0.3 is 5.97 Å². The van der Waals surface area contributed by atoms with Crippen molar-refractivity contribution in [2.45, 2.75) is 36.9 Å². The van der Waals surface area contributed by atoms with Crippen molar-refractivity contribution in [3.63, 3.8) is 0 Å². The number of aromatic hydroxyl groups is 1. The van der Waals surface area contributed by atoms with Crippen LogP contribution < -0.4 is 9.47 Å². The van der Waals surface area contributed by atoms with Crippen molar-refractivity contribution in [3.05, 3.63) is 52.6 Å². The summed E-state index contributed by atoms with van der Waals surface area (Å²) in [6.45, 7) is -0.564. The van der Waals surface area contributed by atoms with Crippen LogP contribution in [-0.4, -0.2) is 81.9 Å². The van der Waals surface area contributed by atoms with E-state index >= 15 is 0 Å². The fourth-order valence-electron chi connectivity index (χ4n) is 3.79. The Kier molecular flexibility index (Phi) is 7.22. The van der Waals surface area contributed by atoms with E-state index in [9.17, 15) is 35.4 Å². The van der Waals surface area contributed by atoms with Crippen LogP contribution in [0.25, 0.3) is 0 Å². The van der Waals surface area contributed by atoms with Gasteiger partial charge in [0.15, 0.2) is 0 Å². The van der Waals surface area contributed by atoms with E-state index in [0.29, 0.717) is 28.2 Å². The van der Waals surface area contributed by atoms with Crippen LogP contribution in [0.5, 0.6) is 17.2 Å². The Morgan fingerprint density at radius 2 is 1.69 bits per heavy atom. The lowest BCUT2D eigenvalue weighted by molar-refractivity contribution is -0.232. The van der Waals surface area contributed by atoms with E-state index in [2.05, 4.69) is 0 Å². The van der Waals surface area contributed by atoms with Gasteiger partial charge in [0.05, 0.1) is 20.8 Å². The zero-order chi connectivity index (χ0) is 23.6. The molecule has 0 saturated carbocycles. The highest BCUT2D eigenvalue weighted by Gasteiger charge is 2.45. The molecule has 1 aliphatic heterocycles. The number of phenols is 1. The molecule has 10 heteroatoms. The van der Waals surface area contributed by atoms with E-state index in [0.717, 1.165) is 0 Å². The van der Waals surface area contributed by atoms with Gasteiger partial charge in [0, 0.05) is 17.5 Å². The molecule has 3 rings (SSSR count). The number of carboxylic acids is 1. The van der Waals surface area contributed by atoms with Crippen molar-refractivity contribution in [1.29, 1.82) is 0 Å². The van der Waals surface area contributed by atoms with Crippen LogP contribution in [0, 0.1) is 0 Å². The van der Waals surface area contributed by atoms with Gasteiger partial charge in [0.2, 0.25) is 0 Å². The number of aliphatic hydroxyl groups is 4. The summed E-state index contributed by atoms with van der Waals surface area (Å²) >= 11 is 0. The number of benzene rings is 2. The zero-order valence-electron chi connectivity index (χ0n) is 17.5. The van der Waals surface area contributed by atoms with Gasteiger partial charge in [-0.25, -0.2) is 4.79 Å². The van der Waals surface area contributed by atoms with Gasteiger partial charge in [-0.3, -0.25) is 0 Å². The highest BCUT2D eigenvalue weighted by Crippen LogP contribution is 2.40. The molecular formula is C22H26O10. The number of aliphatic hydroxyl groups excluding tert-OH is 4. The Balaban J connectivity index is 2.00. The molecule has 2 aromatic carbocycles. The third kappa shape index (κ3) is 4.50. The van der Waals surface area contributed by atoms with Crippen molar-refractivity contribution < 1.29 is 49.6 Å². The van der Waals surface area contributed by atoms with E-state index in [-0.39, 0.29) is 17.7 Å². The minimum absolute atomic E-state index is 0.230. The lowest BCUT2D eigenvalue weighted by Crippen LogP contribution is -2.55. The van der Waals surface area contributed by atoms with Crippen LogP contribution in [0.1, 0.15) is 33.2 Å². The highest BCUT2D eigenvalue weighted by molar-refractivity contribution is 5.91. The maximum absolute atomic E-state index is 11.3. The summed E-state index contributed by atoms with van der Waals surface area (Å²) in [7, 11) is 2.84. The summed E-state index contributed by atoms with van der Waals surface area (Å²) in [5.74, 6) is -0.930. The van der Waals surface area contributed by atoms with Gasteiger partial charge in [-0.15, -0.1) is 0 Å². The zero-order valence-corrected chi connectivity index (χ0v) is 17.5. The topological polar surface area (TPSA) is 166 Å². The average Bonchev–Trinajstić information content (AvgIpc) is 2.78. The highest BCUT2D eigenvalue weighted by atomic mass is 16.5. The van der Waals surface area contributed by atoms with Crippen LogP contribution in [0.4, 0.5) is 0 Å². The third-order valence-electron chi connectivity index (χ3n) is 5.52. The maximum atomic E-state index is 11.3. The van der Waals surface area contributed by atoms with Crippen molar-refractivity contribution in [2.75, 3.05) is 20.8 Å². The summed E-state index contributed by atoms with van der Waals surface area (Å²) in [5.41, 5.74) is 1.33. The molecule has 10 nitrogen and oxygen atoms in total. The fraction of sp³-hybridized carbons (Fsp3) is 0.409. The smallest absolute Gasteiger partial charge is 0.339 e. The minimum Gasteiger partial charge on any atom is -0.507 e. The van der Waals surface area contributed by atoms with Gasteiger partial charge in [-0.1, -0.05) is 6.07 Å². The molecule has 0 radical (unpaired) electrons. The van der Waals surface area contributed by atoms with Crippen LogP contribution in [0.3, 0.4) is 0 Å². The largest absolute Gasteiger partial charge is 0.507 e. The number of aromatic carboxylic acids is 1. The minimum atomic E-state index is -1.55. The molecule has 0 bridgehead atoms. The van der Waals surface area contributed by atoms with E-state index in [1.165, 1.54) is 26.4 Å². The first-order valence-corrected chi connectivity index (χ1v) is 9.82. The predicted octanol–water partition coefficient (Wildman–Crippen LogP) is 0.213. The molecule has 32 heavy (non-hydrogen) atoms. The Morgan fingerprint density at radius 1 is 1.00 bits per heavy atom. The molecular weight excluding hydrogens is 424 g/mol. The monoisotopic (exact) mass is 450 g/mol. The lowest BCUT2D eigenvalue weighted by atomic mass is 9.89. The Labute approximate surface area is 183 Å². The summed E-state index contributed by atoms with van der Waals surface area (Å²) in [6, 6.07) is 7.42. The van der Waals surface area contributed by atoms with Crippen LogP contribution in [0.15, 0.2) is 30.3 Å². The Hall–Kier alpha value is -2.89. The Morgan fingerprint density at radius 3 is 2.28 bits per heavy atom. The predicted molar refractivity (Wildman–Crippen MR) is 110 cm³/mol. The number of rotatable bonds is 7. The molecule has 0 amide bonds. The Bertz CT molecular complexity index is 973. The number of hydrogen-bond acceptors (Lipinski definition) is 9. The van der Waals surface area contributed by atoms with E-state index < -0.39 is 43.1 Å². The molecule has 6 N–H and O–H groups in total. The van der Waals surface area contributed by atoms with E-state index in [1.54, 1.807) is 18.2 Å². The molecule has 0 spiro atoms.